The standard InChI is InChI=1S/C17H26O3/c1-2-3-4-5-6-7-8-9-11-14(18)17-15(19)12-10-13-16(17)20/h2,17H,1,3-13H2. The Morgan fingerprint density at radius 2 is 1.55 bits per heavy atom. The molecule has 0 bridgehead atoms. The van der Waals surface area contributed by atoms with Crippen LogP contribution in [0.25, 0.3) is 0 Å². The Kier molecular flexibility index (Phi) is 8.08. The predicted molar refractivity (Wildman–Crippen MR) is 79.5 cm³/mol. The highest BCUT2D eigenvalue weighted by molar-refractivity contribution is 6.20. The van der Waals surface area contributed by atoms with Gasteiger partial charge in [-0.25, -0.2) is 0 Å². The summed E-state index contributed by atoms with van der Waals surface area (Å²) in [5, 5.41) is 0. The third-order valence-electron chi connectivity index (χ3n) is 3.89. The zero-order valence-electron chi connectivity index (χ0n) is 12.4. The summed E-state index contributed by atoms with van der Waals surface area (Å²) < 4.78 is 0. The van der Waals surface area contributed by atoms with Gasteiger partial charge < -0.3 is 0 Å². The average Bonchev–Trinajstić information content (AvgIpc) is 2.41. The van der Waals surface area contributed by atoms with Crippen molar-refractivity contribution in [3.63, 3.8) is 0 Å². The molecule has 3 heteroatoms. The molecule has 3 nitrogen and oxygen atoms in total. The molecule has 0 aromatic heterocycles. The molecule has 0 aromatic rings. The molecule has 0 atom stereocenters. The van der Waals surface area contributed by atoms with Crippen LogP contribution in [-0.4, -0.2) is 17.3 Å². The molecular formula is C17H26O3. The molecule has 1 fully saturated rings. The average molecular weight is 278 g/mol. The molecule has 0 spiro atoms. The van der Waals surface area contributed by atoms with Crippen molar-refractivity contribution >= 4 is 17.3 Å². The van der Waals surface area contributed by atoms with Crippen molar-refractivity contribution in [1.29, 1.82) is 0 Å². The molecule has 0 unspecified atom stereocenters. The molecule has 0 N–H and O–H groups in total. The van der Waals surface area contributed by atoms with Crippen LogP contribution in [0, 0.1) is 5.92 Å². The van der Waals surface area contributed by atoms with Crippen molar-refractivity contribution in [2.45, 2.75) is 70.6 Å². The number of allylic oxidation sites excluding steroid dienone is 1. The van der Waals surface area contributed by atoms with Gasteiger partial charge in [0.15, 0.2) is 17.3 Å². The Labute approximate surface area is 121 Å². The first-order valence-electron chi connectivity index (χ1n) is 7.86. The molecule has 0 aromatic carbocycles. The molecule has 20 heavy (non-hydrogen) atoms. The molecule has 112 valence electrons. The van der Waals surface area contributed by atoms with Gasteiger partial charge in [-0.1, -0.05) is 31.8 Å². The van der Waals surface area contributed by atoms with Gasteiger partial charge in [0.2, 0.25) is 0 Å². The summed E-state index contributed by atoms with van der Waals surface area (Å²) >= 11 is 0. The van der Waals surface area contributed by atoms with Crippen LogP contribution in [0.4, 0.5) is 0 Å². The molecule has 1 aliphatic rings. The van der Waals surface area contributed by atoms with Crippen molar-refractivity contribution in [1.82, 2.24) is 0 Å². The number of hydrogen-bond acceptors (Lipinski definition) is 3. The van der Waals surface area contributed by atoms with Gasteiger partial charge in [0.25, 0.3) is 0 Å². The van der Waals surface area contributed by atoms with E-state index in [1.807, 2.05) is 6.08 Å². The number of unbranched alkanes of at least 4 members (excludes halogenated alkanes) is 6. The third-order valence-corrected chi connectivity index (χ3v) is 3.89. The Balaban J connectivity index is 2.12. The predicted octanol–water partition coefficient (Wildman–Crippen LogP) is 3.80. The minimum Gasteiger partial charge on any atom is -0.298 e. The molecule has 1 saturated carbocycles. The minimum atomic E-state index is -0.920. The number of Topliss-reactive ketones (excluding diaryl/α,β-unsaturated/α-hetero) is 3. The van der Waals surface area contributed by atoms with Gasteiger partial charge in [0.1, 0.15) is 5.92 Å². The van der Waals surface area contributed by atoms with E-state index in [4.69, 9.17) is 0 Å². The third kappa shape index (κ3) is 5.81. The SMILES string of the molecule is C=CCCCCCCCCC(=O)C1C(=O)CCCC1=O. The number of hydrogen-bond donors (Lipinski definition) is 0. The van der Waals surface area contributed by atoms with E-state index < -0.39 is 5.92 Å². The monoisotopic (exact) mass is 278 g/mol. The van der Waals surface area contributed by atoms with Crippen molar-refractivity contribution < 1.29 is 14.4 Å². The fourth-order valence-electron chi connectivity index (χ4n) is 2.70. The maximum absolute atomic E-state index is 11.9. The van der Waals surface area contributed by atoms with Crippen LogP contribution < -0.4 is 0 Å². The van der Waals surface area contributed by atoms with Gasteiger partial charge in [0.05, 0.1) is 0 Å². The Morgan fingerprint density at radius 3 is 2.15 bits per heavy atom. The largest absolute Gasteiger partial charge is 0.298 e. The van der Waals surface area contributed by atoms with Crippen molar-refractivity contribution in [3.05, 3.63) is 12.7 Å². The first kappa shape index (κ1) is 16.8. The molecule has 1 aliphatic carbocycles. The number of carbonyl (C=O) groups excluding carboxylic acids is 3. The lowest BCUT2D eigenvalue weighted by Crippen LogP contribution is -2.35. The van der Waals surface area contributed by atoms with E-state index in [-0.39, 0.29) is 17.3 Å². The zero-order chi connectivity index (χ0) is 14.8. The van der Waals surface area contributed by atoms with Crippen molar-refractivity contribution in [2.24, 2.45) is 5.92 Å². The molecule has 0 amide bonds. The van der Waals surface area contributed by atoms with E-state index in [2.05, 4.69) is 6.58 Å². The summed E-state index contributed by atoms with van der Waals surface area (Å²) in [6.07, 6.45) is 11.3. The van der Waals surface area contributed by atoms with Crippen LogP contribution in [-0.2, 0) is 14.4 Å². The van der Waals surface area contributed by atoms with Gasteiger partial charge in [-0.2, -0.15) is 0 Å². The van der Waals surface area contributed by atoms with Crippen LogP contribution in [0.3, 0.4) is 0 Å². The van der Waals surface area contributed by atoms with Gasteiger partial charge in [0, 0.05) is 19.3 Å². The Hall–Kier alpha value is -1.25. The van der Waals surface area contributed by atoms with E-state index >= 15 is 0 Å². The second-order valence-corrected chi connectivity index (χ2v) is 5.63. The van der Waals surface area contributed by atoms with Gasteiger partial charge in [-0.3, -0.25) is 14.4 Å². The highest BCUT2D eigenvalue weighted by Gasteiger charge is 2.34. The molecule has 0 aliphatic heterocycles. The van der Waals surface area contributed by atoms with E-state index in [9.17, 15) is 14.4 Å². The van der Waals surface area contributed by atoms with Crippen LogP contribution in [0.5, 0.6) is 0 Å². The van der Waals surface area contributed by atoms with Crippen LogP contribution in [0.1, 0.15) is 70.6 Å². The fraction of sp³-hybridized carbons (Fsp3) is 0.706. The summed E-state index contributed by atoms with van der Waals surface area (Å²) in [6.45, 7) is 3.69. The fourth-order valence-corrected chi connectivity index (χ4v) is 2.70. The smallest absolute Gasteiger partial charge is 0.150 e. The minimum absolute atomic E-state index is 0.147. The highest BCUT2D eigenvalue weighted by atomic mass is 16.2. The molecule has 0 saturated heterocycles. The quantitative estimate of drug-likeness (QED) is 0.347. The lowest BCUT2D eigenvalue weighted by Gasteiger charge is -2.17. The number of ketones is 3. The molecule has 1 rings (SSSR count). The van der Waals surface area contributed by atoms with E-state index in [0.29, 0.717) is 25.7 Å². The second-order valence-electron chi connectivity index (χ2n) is 5.63. The first-order valence-corrected chi connectivity index (χ1v) is 7.86. The topological polar surface area (TPSA) is 51.2 Å². The molecule has 0 radical (unpaired) electrons. The van der Waals surface area contributed by atoms with E-state index in [1.165, 1.54) is 19.3 Å². The normalized spacial score (nSPS) is 16.4. The lowest BCUT2D eigenvalue weighted by molar-refractivity contribution is -0.142. The highest BCUT2D eigenvalue weighted by Crippen LogP contribution is 2.20. The van der Waals surface area contributed by atoms with Crippen LogP contribution >= 0.6 is 0 Å². The van der Waals surface area contributed by atoms with Crippen molar-refractivity contribution in [2.75, 3.05) is 0 Å². The Bertz CT molecular complexity index is 341. The van der Waals surface area contributed by atoms with Gasteiger partial charge in [-0.15, -0.1) is 6.58 Å². The summed E-state index contributed by atoms with van der Waals surface area (Å²) in [7, 11) is 0. The van der Waals surface area contributed by atoms with Gasteiger partial charge in [-0.05, 0) is 25.7 Å². The van der Waals surface area contributed by atoms with Gasteiger partial charge >= 0.3 is 0 Å². The van der Waals surface area contributed by atoms with Crippen LogP contribution in [0.15, 0.2) is 12.7 Å². The summed E-state index contributed by atoms with van der Waals surface area (Å²) in [5.41, 5.74) is 0. The maximum Gasteiger partial charge on any atom is 0.150 e. The summed E-state index contributed by atoms with van der Waals surface area (Å²) in [4.78, 5) is 35.2. The summed E-state index contributed by atoms with van der Waals surface area (Å²) in [6, 6.07) is 0. The van der Waals surface area contributed by atoms with E-state index in [1.54, 1.807) is 0 Å². The zero-order valence-corrected chi connectivity index (χ0v) is 12.4. The number of rotatable bonds is 10. The summed E-state index contributed by atoms with van der Waals surface area (Å²) in [5.74, 6) is -1.38. The first-order chi connectivity index (χ1) is 9.66. The Morgan fingerprint density at radius 1 is 1.00 bits per heavy atom. The van der Waals surface area contributed by atoms with Crippen molar-refractivity contribution in [3.8, 4) is 0 Å². The van der Waals surface area contributed by atoms with E-state index in [0.717, 1.165) is 25.7 Å². The van der Waals surface area contributed by atoms with Crippen LogP contribution in [0.2, 0.25) is 0 Å². The molecular weight excluding hydrogens is 252 g/mol. The lowest BCUT2D eigenvalue weighted by atomic mass is 9.82. The number of carbonyl (C=O) groups is 3. The maximum atomic E-state index is 11.9. The second kappa shape index (κ2) is 9.62. The molecule has 0 heterocycles.